The van der Waals surface area contributed by atoms with Gasteiger partial charge in [0.1, 0.15) is 0 Å². The topological polar surface area (TPSA) is 105 Å². The van der Waals surface area contributed by atoms with E-state index < -0.39 is 23.9 Å². The molecule has 0 saturated heterocycles. The van der Waals surface area contributed by atoms with Crippen LogP contribution in [0.5, 0.6) is 0 Å². The molecule has 0 saturated carbocycles. The zero-order valence-electron chi connectivity index (χ0n) is 19.0. The average Bonchev–Trinajstić information content (AvgIpc) is 2.74. The van der Waals surface area contributed by atoms with Crippen LogP contribution in [-0.4, -0.2) is 50.3 Å². The van der Waals surface area contributed by atoms with Crippen LogP contribution in [0.3, 0.4) is 0 Å². The van der Waals surface area contributed by atoms with Crippen LogP contribution in [0.4, 0.5) is 0 Å². The molecule has 0 atom stereocenters. The molecule has 1 aromatic carbocycles. The van der Waals surface area contributed by atoms with Crippen LogP contribution in [0.2, 0.25) is 0 Å². The van der Waals surface area contributed by atoms with Crippen molar-refractivity contribution in [3.05, 3.63) is 46.5 Å². The van der Waals surface area contributed by atoms with Gasteiger partial charge in [-0.1, -0.05) is 24.3 Å². The molecule has 1 rings (SSSR count). The molecule has 8 heteroatoms. The molecular formula is C24H30O8. The lowest BCUT2D eigenvalue weighted by atomic mass is 10.00. The SMILES string of the molecule is CCOC(=O)C/C(=C/c1ccccc1/C=C(\CC(=O)OCC)C(=O)OCC)C(=O)OCC. The van der Waals surface area contributed by atoms with Crippen LogP contribution >= 0.6 is 0 Å². The summed E-state index contributed by atoms with van der Waals surface area (Å²) in [4.78, 5) is 48.7. The summed E-state index contributed by atoms with van der Waals surface area (Å²) in [5.74, 6) is -2.41. The minimum Gasteiger partial charge on any atom is -0.466 e. The van der Waals surface area contributed by atoms with Crippen molar-refractivity contribution in [2.45, 2.75) is 40.5 Å². The largest absolute Gasteiger partial charge is 0.466 e. The molecule has 0 aliphatic rings. The van der Waals surface area contributed by atoms with Crippen LogP contribution in [0.1, 0.15) is 51.7 Å². The summed E-state index contributed by atoms with van der Waals surface area (Å²) in [7, 11) is 0. The van der Waals surface area contributed by atoms with E-state index in [1.165, 1.54) is 12.2 Å². The molecule has 0 aliphatic carbocycles. The first-order valence-corrected chi connectivity index (χ1v) is 10.5. The zero-order chi connectivity index (χ0) is 23.9. The Kier molecular flexibility index (Phi) is 12.1. The highest BCUT2D eigenvalue weighted by atomic mass is 16.5. The summed E-state index contributed by atoms with van der Waals surface area (Å²) < 4.78 is 20.0. The van der Waals surface area contributed by atoms with Crippen LogP contribution in [0.15, 0.2) is 35.4 Å². The Morgan fingerprint density at radius 3 is 1.28 bits per heavy atom. The standard InChI is InChI=1S/C24H30O8/c1-5-29-21(25)15-19(23(27)31-7-3)13-17-11-9-10-12-18(17)14-20(24(28)32-8-4)16-22(26)30-6-2/h9-14H,5-8,15-16H2,1-4H3/b19-13-,20-14+. The first kappa shape index (κ1) is 26.6. The van der Waals surface area contributed by atoms with E-state index in [0.29, 0.717) is 11.1 Å². The Bertz CT molecular complexity index is 796. The normalized spacial score (nSPS) is 11.5. The number of carbonyl (C=O) groups excluding carboxylic acids is 4. The highest BCUT2D eigenvalue weighted by Gasteiger charge is 2.19. The number of ether oxygens (including phenoxy) is 4. The molecule has 0 aliphatic heterocycles. The smallest absolute Gasteiger partial charge is 0.334 e. The van der Waals surface area contributed by atoms with Gasteiger partial charge in [-0.25, -0.2) is 9.59 Å². The van der Waals surface area contributed by atoms with Gasteiger partial charge in [-0.05, 0) is 51.0 Å². The lowest BCUT2D eigenvalue weighted by molar-refractivity contribution is -0.145. The number of esters is 4. The van der Waals surface area contributed by atoms with E-state index >= 15 is 0 Å². The van der Waals surface area contributed by atoms with E-state index in [9.17, 15) is 19.2 Å². The fourth-order valence-electron chi connectivity index (χ4n) is 2.70. The van der Waals surface area contributed by atoms with Crippen molar-refractivity contribution < 1.29 is 38.1 Å². The van der Waals surface area contributed by atoms with Gasteiger partial charge in [-0.2, -0.15) is 0 Å². The van der Waals surface area contributed by atoms with E-state index in [2.05, 4.69) is 0 Å². The maximum absolute atomic E-state index is 12.4. The number of hydrogen-bond donors (Lipinski definition) is 0. The minimum absolute atomic E-state index is 0.106. The molecule has 0 radical (unpaired) electrons. The summed E-state index contributed by atoms with van der Waals surface area (Å²) in [6.45, 7) is 7.34. The Hall–Kier alpha value is -3.42. The maximum atomic E-state index is 12.4. The summed E-state index contributed by atoms with van der Waals surface area (Å²) >= 11 is 0. The van der Waals surface area contributed by atoms with E-state index in [1.807, 2.05) is 0 Å². The lowest BCUT2D eigenvalue weighted by Crippen LogP contribution is -2.14. The van der Waals surface area contributed by atoms with Gasteiger partial charge in [0, 0.05) is 11.1 Å². The Morgan fingerprint density at radius 2 is 0.969 bits per heavy atom. The van der Waals surface area contributed by atoms with Crippen molar-refractivity contribution >= 4 is 36.0 Å². The molecule has 0 spiro atoms. The Morgan fingerprint density at radius 1 is 0.625 bits per heavy atom. The number of rotatable bonds is 12. The maximum Gasteiger partial charge on any atom is 0.334 e. The van der Waals surface area contributed by atoms with Crippen molar-refractivity contribution in [2.24, 2.45) is 0 Å². The molecule has 8 nitrogen and oxygen atoms in total. The van der Waals surface area contributed by atoms with Crippen molar-refractivity contribution in [1.82, 2.24) is 0 Å². The third-order valence-corrected chi connectivity index (χ3v) is 4.01. The monoisotopic (exact) mass is 446 g/mol. The third kappa shape index (κ3) is 9.16. The van der Waals surface area contributed by atoms with Crippen LogP contribution in [0, 0.1) is 0 Å². The first-order chi connectivity index (χ1) is 15.4. The van der Waals surface area contributed by atoms with Gasteiger partial charge in [-0.3, -0.25) is 9.59 Å². The molecule has 174 valence electrons. The van der Waals surface area contributed by atoms with Gasteiger partial charge in [0.15, 0.2) is 0 Å². The lowest BCUT2D eigenvalue weighted by Gasteiger charge is -2.10. The van der Waals surface area contributed by atoms with Gasteiger partial charge in [0.2, 0.25) is 0 Å². The number of benzene rings is 1. The quantitative estimate of drug-likeness (QED) is 0.273. The Labute approximate surface area is 188 Å². The third-order valence-electron chi connectivity index (χ3n) is 4.01. The average molecular weight is 446 g/mol. The summed E-state index contributed by atoms with van der Waals surface area (Å²) in [6, 6.07) is 6.91. The predicted octanol–water partition coefficient (Wildman–Crippen LogP) is 3.49. The second-order valence-corrected chi connectivity index (χ2v) is 6.37. The van der Waals surface area contributed by atoms with Crippen molar-refractivity contribution in [1.29, 1.82) is 0 Å². The van der Waals surface area contributed by atoms with Crippen molar-refractivity contribution in [3.63, 3.8) is 0 Å². The van der Waals surface area contributed by atoms with E-state index in [0.717, 1.165) is 0 Å². The fourth-order valence-corrected chi connectivity index (χ4v) is 2.70. The molecule has 0 aromatic heterocycles. The van der Waals surface area contributed by atoms with Crippen molar-refractivity contribution in [2.75, 3.05) is 26.4 Å². The van der Waals surface area contributed by atoms with Gasteiger partial charge >= 0.3 is 23.9 Å². The molecule has 32 heavy (non-hydrogen) atoms. The van der Waals surface area contributed by atoms with Crippen LogP contribution in [0.25, 0.3) is 12.2 Å². The highest BCUT2D eigenvalue weighted by Crippen LogP contribution is 2.21. The summed E-state index contributed by atoms with van der Waals surface area (Å²) in [6.07, 6.45) is 2.48. The van der Waals surface area contributed by atoms with Crippen molar-refractivity contribution in [3.8, 4) is 0 Å². The molecule has 0 bridgehead atoms. The van der Waals surface area contributed by atoms with Crippen LogP contribution in [-0.2, 0) is 38.1 Å². The molecule has 0 amide bonds. The second kappa shape index (κ2) is 14.6. The molecule has 1 aromatic rings. The van der Waals surface area contributed by atoms with Gasteiger partial charge in [0.25, 0.3) is 0 Å². The zero-order valence-corrected chi connectivity index (χ0v) is 19.0. The first-order valence-electron chi connectivity index (χ1n) is 10.5. The molecule has 0 unspecified atom stereocenters. The van der Waals surface area contributed by atoms with Crippen LogP contribution < -0.4 is 0 Å². The molecular weight excluding hydrogens is 416 g/mol. The highest BCUT2D eigenvalue weighted by molar-refractivity contribution is 6.00. The Balaban J connectivity index is 3.43. The minimum atomic E-state index is -0.642. The van der Waals surface area contributed by atoms with E-state index in [4.69, 9.17) is 18.9 Å². The second-order valence-electron chi connectivity index (χ2n) is 6.37. The summed E-state index contributed by atoms with van der Waals surface area (Å²) in [5, 5.41) is 0. The number of hydrogen-bond acceptors (Lipinski definition) is 8. The molecule has 0 heterocycles. The fraction of sp³-hybridized carbons (Fsp3) is 0.417. The van der Waals surface area contributed by atoms with Gasteiger partial charge < -0.3 is 18.9 Å². The molecule has 0 fully saturated rings. The number of carbonyl (C=O) groups is 4. The van der Waals surface area contributed by atoms with E-state index in [1.54, 1.807) is 52.0 Å². The van der Waals surface area contributed by atoms with Gasteiger partial charge in [-0.15, -0.1) is 0 Å². The predicted molar refractivity (Wildman–Crippen MR) is 118 cm³/mol. The summed E-state index contributed by atoms with van der Waals surface area (Å²) in [5.41, 5.74) is 1.31. The molecule has 0 N–H and O–H groups in total. The van der Waals surface area contributed by atoms with Gasteiger partial charge in [0.05, 0.1) is 39.3 Å². The van der Waals surface area contributed by atoms with E-state index in [-0.39, 0.29) is 50.4 Å².